The fraction of sp³-hybridized carbons (Fsp3) is 0.250. The highest BCUT2D eigenvalue weighted by atomic mass is 16.5. The van der Waals surface area contributed by atoms with Gasteiger partial charge in [-0.3, -0.25) is 4.79 Å². The minimum atomic E-state index is -0.555. The molecule has 0 saturated carbocycles. The third kappa shape index (κ3) is 2.17. The predicted octanol–water partition coefficient (Wildman–Crippen LogP) is 0.917. The number of nitrogens with one attached hydrogen (secondary N) is 1. The maximum Gasteiger partial charge on any atom is 0.333 e. The molecule has 0 atom stereocenters. The summed E-state index contributed by atoms with van der Waals surface area (Å²) < 4.78 is 4.77. The summed E-state index contributed by atoms with van der Waals surface area (Å²) in [6.45, 7) is 1.97. The van der Waals surface area contributed by atoms with Crippen LogP contribution in [0.25, 0.3) is 0 Å². The van der Waals surface area contributed by atoms with Crippen LogP contribution in [-0.2, 0) is 14.3 Å². The zero-order chi connectivity index (χ0) is 13.1. The van der Waals surface area contributed by atoms with Gasteiger partial charge in [0, 0.05) is 13.2 Å². The number of hydrogen-bond acceptors (Lipinski definition) is 5. The molecule has 0 spiro atoms. The van der Waals surface area contributed by atoms with E-state index in [1.807, 2.05) is 0 Å². The Morgan fingerprint density at radius 3 is 3.11 bits per heavy atom. The molecule has 0 bridgehead atoms. The van der Waals surface area contributed by atoms with Crippen molar-refractivity contribution in [2.45, 2.75) is 6.92 Å². The molecule has 2 heterocycles. The van der Waals surface area contributed by atoms with Gasteiger partial charge in [-0.1, -0.05) is 0 Å². The molecule has 0 aliphatic carbocycles. The van der Waals surface area contributed by atoms with E-state index < -0.39 is 5.97 Å². The Morgan fingerprint density at radius 1 is 1.61 bits per heavy atom. The van der Waals surface area contributed by atoms with Crippen molar-refractivity contribution in [2.75, 3.05) is 23.9 Å². The van der Waals surface area contributed by atoms with Gasteiger partial charge in [0.1, 0.15) is 5.70 Å². The van der Waals surface area contributed by atoms with Gasteiger partial charge in [0.05, 0.1) is 18.4 Å². The van der Waals surface area contributed by atoms with E-state index in [1.165, 1.54) is 4.90 Å². The van der Waals surface area contributed by atoms with Crippen molar-refractivity contribution in [3.8, 4) is 0 Å². The Morgan fingerprint density at radius 2 is 2.39 bits per heavy atom. The molecular weight excluding hydrogens is 234 g/mol. The van der Waals surface area contributed by atoms with Gasteiger partial charge in [0.2, 0.25) is 0 Å². The molecule has 1 aliphatic heterocycles. The SMILES string of the molecule is CCOC(=O)/C=C1\Nc2ncccc2N(C)C1=O. The number of fused-ring (bicyclic) bond motifs is 1. The Bertz CT molecular complexity index is 525. The van der Waals surface area contributed by atoms with Gasteiger partial charge in [-0.25, -0.2) is 9.78 Å². The van der Waals surface area contributed by atoms with E-state index in [-0.39, 0.29) is 18.2 Å². The number of esters is 1. The lowest BCUT2D eigenvalue weighted by Gasteiger charge is -2.27. The van der Waals surface area contributed by atoms with Crippen LogP contribution in [0, 0.1) is 0 Å². The largest absolute Gasteiger partial charge is 0.463 e. The average molecular weight is 247 g/mol. The fourth-order valence-corrected chi connectivity index (χ4v) is 1.63. The highest BCUT2D eigenvalue weighted by Gasteiger charge is 2.26. The van der Waals surface area contributed by atoms with Gasteiger partial charge in [-0.2, -0.15) is 0 Å². The molecule has 18 heavy (non-hydrogen) atoms. The lowest BCUT2D eigenvalue weighted by Crippen LogP contribution is -2.36. The van der Waals surface area contributed by atoms with E-state index in [2.05, 4.69) is 10.3 Å². The van der Waals surface area contributed by atoms with Gasteiger partial charge in [0.15, 0.2) is 5.82 Å². The molecule has 6 nitrogen and oxygen atoms in total. The number of hydrogen-bond donors (Lipinski definition) is 1. The molecule has 1 aromatic heterocycles. The zero-order valence-electron chi connectivity index (χ0n) is 10.1. The summed E-state index contributed by atoms with van der Waals surface area (Å²) in [6, 6.07) is 3.51. The third-order valence-electron chi connectivity index (χ3n) is 2.48. The van der Waals surface area contributed by atoms with Crippen LogP contribution in [0.4, 0.5) is 11.5 Å². The molecule has 1 aliphatic rings. The Hall–Kier alpha value is -2.37. The highest BCUT2D eigenvalue weighted by Crippen LogP contribution is 2.28. The Labute approximate surface area is 104 Å². The van der Waals surface area contributed by atoms with Crippen LogP contribution in [0.2, 0.25) is 0 Å². The zero-order valence-corrected chi connectivity index (χ0v) is 10.1. The molecule has 0 radical (unpaired) electrons. The second-order valence-corrected chi connectivity index (χ2v) is 3.67. The first-order valence-electron chi connectivity index (χ1n) is 5.52. The maximum atomic E-state index is 12.0. The maximum absolute atomic E-state index is 12.0. The smallest absolute Gasteiger partial charge is 0.333 e. The van der Waals surface area contributed by atoms with Crippen molar-refractivity contribution in [3.05, 3.63) is 30.1 Å². The molecule has 2 rings (SSSR count). The van der Waals surface area contributed by atoms with Gasteiger partial charge < -0.3 is 15.0 Å². The molecule has 1 N–H and O–H groups in total. The third-order valence-corrected chi connectivity index (χ3v) is 2.48. The van der Waals surface area contributed by atoms with Crippen molar-refractivity contribution < 1.29 is 14.3 Å². The number of ether oxygens (including phenoxy) is 1. The number of nitrogens with zero attached hydrogens (tertiary/aromatic N) is 2. The van der Waals surface area contributed by atoms with E-state index in [9.17, 15) is 9.59 Å². The molecule has 0 unspecified atom stereocenters. The second kappa shape index (κ2) is 4.87. The van der Waals surface area contributed by atoms with Crippen LogP contribution in [0.1, 0.15) is 6.92 Å². The van der Waals surface area contributed by atoms with E-state index in [1.54, 1.807) is 32.3 Å². The van der Waals surface area contributed by atoms with Crippen LogP contribution in [0.3, 0.4) is 0 Å². The van der Waals surface area contributed by atoms with E-state index >= 15 is 0 Å². The minimum Gasteiger partial charge on any atom is -0.463 e. The summed E-state index contributed by atoms with van der Waals surface area (Å²) in [6.07, 6.45) is 2.75. The number of rotatable bonds is 2. The van der Waals surface area contributed by atoms with Gasteiger partial charge >= 0.3 is 5.97 Å². The van der Waals surface area contributed by atoms with Gasteiger partial charge in [-0.15, -0.1) is 0 Å². The van der Waals surface area contributed by atoms with E-state index in [0.717, 1.165) is 6.08 Å². The number of carbonyl (C=O) groups excluding carboxylic acids is 2. The fourth-order valence-electron chi connectivity index (χ4n) is 1.63. The van der Waals surface area contributed by atoms with Crippen molar-refractivity contribution in [2.24, 2.45) is 0 Å². The molecule has 6 heteroatoms. The molecule has 94 valence electrons. The van der Waals surface area contributed by atoms with Crippen molar-refractivity contribution in [1.82, 2.24) is 4.98 Å². The summed E-state index contributed by atoms with van der Waals surface area (Å²) in [5.74, 6) is -0.320. The molecule has 1 amide bonds. The second-order valence-electron chi connectivity index (χ2n) is 3.67. The van der Waals surface area contributed by atoms with Crippen LogP contribution in [0.5, 0.6) is 0 Å². The molecular formula is C12H13N3O3. The number of aromatic nitrogens is 1. The number of anilines is 2. The lowest BCUT2D eigenvalue weighted by atomic mass is 10.2. The summed E-state index contributed by atoms with van der Waals surface area (Å²) in [5, 5.41) is 2.82. The quantitative estimate of drug-likeness (QED) is 0.621. The summed E-state index contributed by atoms with van der Waals surface area (Å²) in [7, 11) is 1.63. The molecule has 0 fully saturated rings. The van der Waals surface area contributed by atoms with Gasteiger partial charge in [0.25, 0.3) is 5.91 Å². The number of amides is 1. The van der Waals surface area contributed by atoms with Crippen molar-refractivity contribution in [3.63, 3.8) is 0 Å². The van der Waals surface area contributed by atoms with Crippen molar-refractivity contribution >= 4 is 23.4 Å². The van der Waals surface area contributed by atoms with Crippen molar-refractivity contribution in [1.29, 1.82) is 0 Å². The van der Waals surface area contributed by atoms with Crippen LogP contribution in [-0.4, -0.2) is 30.5 Å². The number of likely N-dealkylation sites (N-methyl/N-ethyl adjacent to an activating group) is 1. The predicted molar refractivity (Wildman–Crippen MR) is 66.0 cm³/mol. The van der Waals surface area contributed by atoms with E-state index in [4.69, 9.17) is 4.74 Å². The monoisotopic (exact) mass is 247 g/mol. The van der Waals surface area contributed by atoms with Crippen LogP contribution >= 0.6 is 0 Å². The summed E-state index contributed by atoms with van der Waals surface area (Å²) >= 11 is 0. The topological polar surface area (TPSA) is 71.5 Å². The first-order valence-corrected chi connectivity index (χ1v) is 5.52. The molecule has 1 aromatic rings. The highest BCUT2D eigenvalue weighted by molar-refractivity contribution is 6.13. The lowest BCUT2D eigenvalue weighted by molar-refractivity contribution is -0.137. The number of carbonyl (C=O) groups is 2. The van der Waals surface area contributed by atoms with Crippen LogP contribution < -0.4 is 10.2 Å². The Balaban J connectivity index is 2.32. The molecule has 0 aromatic carbocycles. The molecule has 0 saturated heterocycles. The van der Waals surface area contributed by atoms with E-state index in [0.29, 0.717) is 11.5 Å². The first-order chi connectivity index (χ1) is 8.63. The summed E-state index contributed by atoms with van der Waals surface area (Å²) in [4.78, 5) is 28.9. The van der Waals surface area contributed by atoms with Crippen LogP contribution in [0.15, 0.2) is 30.1 Å². The number of pyridine rings is 1. The first kappa shape index (κ1) is 12.1. The summed E-state index contributed by atoms with van der Waals surface area (Å²) in [5.41, 5.74) is 0.825. The normalized spacial score (nSPS) is 16.2. The van der Waals surface area contributed by atoms with Gasteiger partial charge in [-0.05, 0) is 19.1 Å². The minimum absolute atomic E-state index is 0.155. The average Bonchev–Trinajstić information content (AvgIpc) is 2.36. The Kier molecular flexibility index (Phi) is 3.27. The standard InChI is InChI=1S/C12H13N3O3/c1-3-18-10(16)7-8-12(17)15(2)9-5-4-6-13-11(9)14-8/h4-7H,3H2,1-2H3,(H,13,14)/b8-7-.